The minimum absolute atomic E-state index is 0.0394. The van der Waals surface area contributed by atoms with Gasteiger partial charge in [-0.25, -0.2) is 0 Å². The summed E-state index contributed by atoms with van der Waals surface area (Å²) in [5.41, 5.74) is 8.41. The van der Waals surface area contributed by atoms with Gasteiger partial charge in [0.15, 0.2) is 0 Å². The lowest BCUT2D eigenvalue weighted by molar-refractivity contribution is -0.116. The fourth-order valence-corrected chi connectivity index (χ4v) is 1.94. The van der Waals surface area contributed by atoms with Crippen molar-refractivity contribution in [3.8, 4) is 5.75 Å². The Morgan fingerprint density at radius 1 is 1.33 bits per heavy atom. The summed E-state index contributed by atoms with van der Waals surface area (Å²) in [5, 5.41) is 2.83. The van der Waals surface area contributed by atoms with Crippen LogP contribution in [-0.4, -0.2) is 26.2 Å². The third-order valence-electron chi connectivity index (χ3n) is 2.88. The molecule has 1 amide bonds. The first kappa shape index (κ1) is 12.7. The number of fused-ring (bicyclic) bond motifs is 1. The molecule has 1 heterocycles. The van der Waals surface area contributed by atoms with Crippen LogP contribution in [0.4, 0.5) is 11.4 Å². The van der Waals surface area contributed by atoms with Crippen molar-refractivity contribution in [2.45, 2.75) is 19.3 Å². The number of ether oxygens (including phenoxy) is 2. The number of carbonyl (C=O) groups excluding carboxylic acids is 1. The molecular weight excluding hydrogens is 232 g/mol. The smallest absolute Gasteiger partial charge is 0.224 e. The van der Waals surface area contributed by atoms with E-state index in [2.05, 4.69) is 5.32 Å². The molecule has 2 rings (SSSR count). The number of hydrogen-bond acceptors (Lipinski definition) is 4. The van der Waals surface area contributed by atoms with Gasteiger partial charge in [-0.15, -0.1) is 0 Å². The molecule has 5 heteroatoms. The molecule has 98 valence electrons. The second kappa shape index (κ2) is 5.73. The summed E-state index contributed by atoms with van der Waals surface area (Å²) in [7, 11) is 1.66. The molecule has 0 bridgehead atoms. The maximum absolute atomic E-state index is 11.3. The summed E-state index contributed by atoms with van der Waals surface area (Å²) in [6, 6.07) is 3.68. The highest BCUT2D eigenvalue weighted by molar-refractivity contribution is 5.94. The Labute approximate surface area is 106 Å². The van der Waals surface area contributed by atoms with E-state index in [0.717, 1.165) is 24.1 Å². The monoisotopic (exact) mass is 250 g/mol. The minimum atomic E-state index is 0.0394. The number of hydrogen-bond donors (Lipinski definition) is 2. The van der Waals surface area contributed by atoms with Gasteiger partial charge in [-0.3, -0.25) is 4.79 Å². The first-order valence-corrected chi connectivity index (χ1v) is 6.04. The Kier molecular flexibility index (Phi) is 4.04. The zero-order valence-electron chi connectivity index (χ0n) is 10.5. The SMILES string of the molecule is COCCCOc1cc2c(cc1N)CCC(=O)N2. The molecule has 0 radical (unpaired) electrons. The van der Waals surface area contributed by atoms with E-state index in [-0.39, 0.29) is 5.91 Å². The van der Waals surface area contributed by atoms with Gasteiger partial charge in [0.25, 0.3) is 0 Å². The third-order valence-corrected chi connectivity index (χ3v) is 2.88. The molecule has 5 nitrogen and oxygen atoms in total. The second-order valence-corrected chi connectivity index (χ2v) is 4.29. The number of amides is 1. The predicted molar refractivity (Wildman–Crippen MR) is 69.8 cm³/mol. The first-order chi connectivity index (χ1) is 8.70. The molecule has 0 unspecified atom stereocenters. The van der Waals surface area contributed by atoms with E-state index < -0.39 is 0 Å². The van der Waals surface area contributed by atoms with Crippen LogP contribution in [0.1, 0.15) is 18.4 Å². The molecule has 0 saturated carbocycles. The fourth-order valence-electron chi connectivity index (χ4n) is 1.94. The Morgan fingerprint density at radius 2 is 2.17 bits per heavy atom. The number of nitrogens with one attached hydrogen (secondary N) is 1. The van der Waals surface area contributed by atoms with Gasteiger partial charge in [-0.05, 0) is 18.1 Å². The normalized spacial score (nSPS) is 13.9. The summed E-state index contributed by atoms with van der Waals surface area (Å²) in [6.07, 6.45) is 2.05. The maximum atomic E-state index is 11.3. The van der Waals surface area contributed by atoms with Gasteiger partial charge < -0.3 is 20.5 Å². The summed E-state index contributed by atoms with van der Waals surface area (Å²) in [5.74, 6) is 0.657. The lowest BCUT2D eigenvalue weighted by Crippen LogP contribution is -2.19. The minimum Gasteiger partial charge on any atom is -0.491 e. The Morgan fingerprint density at radius 3 is 2.94 bits per heavy atom. The van der Waals surface area contributed by atoms with E-state index >= 15 is 0 Å². The van der Waals surface area contributed by atoms with E-state index in [0.29, 0.717) is 31.1 Å². The lowest BCUT2D eigenvalue weighted by Gasteiger charge is -2.19. The molecule has 3 N–H and O–H groups in total. The average Bonchev–Trinajstić information content (AvgIpc) is 2.35. The van der Waals surface area contributed by atoms with Crippen LogP contribution in [0.3, 0.4) is 0 Å². The quantitative estimate of drug-likeness (QED) is 0.614. The van der Waals surface area contributed by atoms with Crippen LogP contribution >= 0.6 is 0 Å². The topological polar surface area (TPSA) is 73.6 Å². The highest BCUT2D eigenvalue weighted by Gasteiger charge is 2.17. The standard InChI is InChI=1S/C13H18N2O3/c1-17-5-2-6-18-12-8-11-9(7-10(12)14)3-4-13(16)15-11/h7-8H,2-6,14H2,1H3,(H,15,16). The molecule has 1 aliphatic heterocycles. The molecule has 0 aromatic heterocycles. The van der Waals surface area contributed by atoms with Gasteiger partial charge in [0.2, 0.25) is 5.91 Å². The van der Waals surface area contributed by atoms with Crippen molar-refractivity contribution in [2.24, 2.45) is 0 Å². The van der Waals surface area contributed by atoms with Crippen LogP contribution in [-0.2, 0) is 16.0 Å². The van der Waals surface area contributed by atoms with Crippen LogP contribution < -0.4 is 15.8 Å². The highest BCUT2D eigenvalue weighted by Crippen LogP contribution is 2.32. The van der Waals surface area contributed by atoms with E-state index in [1.807, 2.05) is 6.07 Å². The van der Waals surface area contributed by atoms with Crippen LogP contribution in [0.25, 0.3) is 0 Å². The number of aryl methyl sites for hydroxylation is 1. The molecule has 18 heavy (non-hydrogen) atoms. The number of nitrogens with two attached hydrogens (primary N) is 1. The number of nitrogen functional groups attached to an aromatic ring is 1. The predicted octanol–water partition coefficient (Wildman–Crippen LogP) is 1.57. The first-order valence-electron chi connectivity index (χ1n) is 6.04. The Bertz CT molecular complexity index is 446. The number of anilines is 2. The van der Waals surface area contributed by atoms with Crippen molar-refractivity contribution in [3.63, 3.8) is 0 Å². The van der Waals surface area contributed by atoms with Gasteiger partial charge in [0, 0.05) is 38.3 Å². The number of carbonyl (C=O) groups is 1. The van der Waals surface area contributed by atoms with E-state index in [1.54, 1.807) is 13.2 Å². The average molecular weight is 250 g/mol. The molecule has 0 saturated heterocycles. The lowest BCUT2D eigenvalue weighted by atomic mass is 10.0. The number of rotatable bonds is 5. The molecular formula is C13H18N2O3. The van der Waals surface area contributed by atoms with Gasteiger partial charge in [-0.1, -0.05) is 0 Å². The van der Waals surface area contributed by atoms with Crippen molar-refractivity contribution in [3.05, 3.63) is 17.7 Å². The van der Waals surface area contributed by atoms with Gasteiger partial charge in [-0.2, -0.15) is 0 Å². The molecule has 1 aliphatic rings. The maximum Gasteiger partial charge on any atom is 0.224 e. The molecule has 0 atom stereocenters. The van der Waals surface area contributed by atoms with Crippen molar-refractivity contribution in [1.29, 1.82) is 0 Å². The van der Waals surface area contributed by atoms with E-state index in [1.165, 1.54) is 0 Å². The molecule has 0 spiro atoms. The van der Waals surface area contributed by atoms with Crippen LogP contribution in [0.2, 0.25) is 0 Å². The van der Waals surface area contributed by atoms with Crippen molar-refractivity contribution < 1.29 is 14.3 Å². The summed E-state index contributed by atoms with van der Waals surface area (Å²) < 4.78 is 10.5. The van der Waals surface area contributed by atoms with E-state index in [9.17, 15) is 4.79 Å². The van der Waals surface area contributed by atoms with Crippen LogP contribution in [0, 0.1) is 0 Å². The zero-order chi connectivity index (χ0) is 13.0. The molecule has 1 aromatic carbocycles. The van der Waals surface area contributed by atoms with Gasteiger partial charge >= 0.3 is 0 Å². The van der Waals surface area contributed by atoms with Crippen molar-refractivity contribution >= 4 is 17.3 Å². The summed E-state index contributed by atoms with van der Waals surface area (Å²) in [4.78, 5) is 11.3. The second-order valence-electron chi connectivity index (χ2n) is 4.29. The number of benzene rings is 1. The Balaban J connectivity index is 2.06. The van der Waals surface area contributed by atoms with E-state index in [4.69, 9.17) is 15.2 Å². The largest absolute Gasteiger partial charge is 0.491 e. The zero-order valence-corrected chi connectivity index (χ0v) is 10.5. The third kappa shape index (κ3) is 2.92. The van der Waals surface area contributed by atoms with Crippen LogP contribution in [0.15, 0.2) is 12.1 Å². The molecule has 0 fully saturated rings. The fraction of sp³-hybridized carbons (Fsp3) is 0.462. The molecule has 0 aliphatic carbocycles. The van der Waals surface area contributed by atoms with Crippen molar-refractivity contribution in [2.75, 3.05) is 31.4 Å². The Hall–Kier alpha value is -1.75. The summed E-state index contributed by atoms with van der Waals surface area (Å²) >= 11 is 0. The van der Waals surface area contributed by atoms with Gasteiger partial charge in [0.05, 0.1) is 12.3 Å². The van der Waals surface area contributed by atoms with Crippen LogP contribution in [0.5, 0.6) is 5.75 Å². The highest BCUT2D eigenvalue weighted by atomic mass is 16.5. The van der Waals surface area contributed by atoms with Gasteiger partial charge in [0.1, 0.15) is 5.75 Å². The molecule has 1 aromatic rings. The number of methoxy groups -OCH3 is 1. The summed E-state index contributed by atoms with van der Waals surface area (Å²) in [6.45, 7) is 1.20. The van der Waals surface area contributed by atoms with Crippen molar-refractivity contribution in [1.82, 2.24) is 0 Å².